The smallest absolute Gasteiger partial charge is 0.181 e. The first-order valence-corrected chi connectivity index (χ1v) is 9.68. The molecule has 1 rings (SSSR count). The Hall–Kier alpha value is 0.354. The van der Waals surface area contributed by atoms with E-state index in [1.54, 1.807) is 0 Å². The van der Waals surface area contributed by atoms with Crippen LogP contribution in [0.3, 0.4) is 0 Å². The highest BCUT2D eigenvalue weighted by Crippen LogP contribution is 2.18. The first-order valence-electron chi connectivity index (χ1n) is 4.42. The van der Waals surface area contributed by atoms with Gasteiger partial charge >= 0.3 is 0 Å². The molecule has 0 aromatic rings. The quantitative estimate of drug-likeness (QED) is 0.664. The van der Waals surface area contributed by atoms with Crippen LogP contribution < -0.4 is 0 Å². The molecule has 0 radical (unpaired) electrons. The van der Waals surface area contributed by atoms with Crippen molar-refractivity contribution in [2.24, 2.45) is 0 Å². The molecule has 1 heterocycles. The van der Waals surface area contributed by atoms with Crippen LogP contribution in [0.15, 0.2) is 0 Å². The van der Waals surface area contributed by atoms with E-state index in [0.717, 1.165) is 12.3 Å². The lowest BCUT2D eigenvalue weighted by atomic mass is 10.4. The minimum Gasteiger partial charge on any atom is -0.432 e. The van der Waals surface area contributed by atoms with E-state index in [2.05, 4.69) is 0 Å². The third kappa shape index (κ3) is 4.05. The zero-order valence-corrected chi connectivity index (χ0v) is 9.62. The molecule has 1 saturated heterocycles. The van der Waals surface area contributed by atoms with Gasteiger partial charge in [-0.3, -0.25) is 0 Å². The number of hydrogen-bond acceptors (Lipinski definition) is 2. The van der Waals surface area contributed by atoms with E-state index in [-0.39, 0.29) is 0 Å². The average molecular weight is 190 g/mol. The van der Waals surface area contributed by atoms with Crippen molar-refractivity contribution in [2.45, 2.75) is 37.6 Å². The summed E-state index contributed by atoms with van der Waals surface area (Å²) in [6.45, 7) is 4.98. The Labute approximate surface area is 71.4 Å². The highest BCUT2D eigenvalue weighted by Gasteiger charge is 2.26. The van der Waals surface area contributed by atoms with Gasteiger partial charge in [-0.2, -0.15) is 0 Å². The van der Waals surface area contributed by atoms with Gasteiger partial charge in [0.2, 0.25) is 0 Å². The van der Waals surface area contributed by atoms with Crippen molar-refractivity contribution < 1.29 is 9.22 Å². The predicted molar refractivity (Wildman–Crippen MR) is 51.6 cm³/mol. The monoisotopic (exact) mass is 190 g/mol. The number of hydrogen-bond donors (Lipinski definition) is 1. The first-order chi connectivity index (χ1) is 5.08. The standard InChI is InChI=1S/C7H18O2Si2/c1-11(2,8)7-10-6-4-3-5-9-10/h8,10H,3-7H2,1-2H3. The van der Waals surface area contributed by atoms with E-state index in [0.29, 0.717) is 0 Å². The lowest BCUT2D eigenvalue weighted by Gasteiger charge is -2.25. The topological polar surface area (TPSA) is 29.5 Å². The van der Waals surface area contributed by atoms with Crippen LogP contribution in [0.2, 0.25) is 24.8 Å². The molecule has 0 aliphatic carbocycles. The third-order valence-electron chi connectivity index (χ3n) is 2.00. The normalized spacial score (nSPS) is 27.0. The van der Waals surface area contributed by atoms with E-state index >= 15 is 0 Å². The van der Waals surface area contributed by atoms with Gasteiger partial charge in [0.15, 0.2) is 17.4 Å². The molecule has 0 aromatic carbocycles. The molecule has 2 nitrogen and oxygen atoms in total. The summed E-state index contributed by atoms with van der Waals surface area (Å²) in [5, 5.41) is 0. The van der Waals surface area contributed by atoms with Crippen LogP contribution in [0.1, 0.15) is 12.8 Å². The lowest BCUT2D eigenvalue weighted by molar-refractivity contribution is 0.288. The summed E-state index contributed by atoms with van der Waals surface area (Å²) in [6, 6.07) is 1.29. The van der Waals surface area contributed by atoms with Crippen molar-refractivity contribution in [1.29, 1.82) is 0 Å². The van der Waals surface area contributed by atoms with Gasteiger partial charge < -0.3 is 9.22 Å². The summed E-state index contributed by atoms with van der Waals surface area (Å²) >= 11 is 0. The van der Waals surface area contributed by atoms with Gasteiger partial charge in [0.1, 0.15) is 0 Å². The Morgan fingerprint density at radius 3 is 2.64 bits per heavy atom. The van der Waals surface area contributed by atoms with Gasteiger partial charge in [-0.1, -0.05) is 6.42 Å². The van der Waals surface area contributed by atoms with E-state index in [4.69, 9.17) is 4.43 Å². The Kier molecular flexibility index (Phi) is 3.30. The first kappa shape index (κ1) is 9.44. The fourth-order valence-corrected chi connectivity index (χ4v) is 8.68. The fourth-order valence-electron chi connectivity index (χ4n) is 1.53. The molecule has 0 amide bonds. The van der Waals surface area contributed by atoms with Crippen molar-refractivity contribution in [2.75, 3.05) is 6.61 Å². The second-order valence-electron chi connectivity index (χ2n) is 4.01. The maximum Gasteiger partial charge on any atom is 0.181 e. The molecular formula is C7H18O2Si2. The Morgan fingerprint density at radius 1 is 1.45 bits per heavy atom. The average Bonchev–Trinajstić information content (AvgIpc) is 1.85. The molecule has 4 heteroatoms. The molecule has 1 aliphatic heterocycles. The summed E-state index contributed by atoms with van der Waals surface area (Å²) < 4.78 is 5.67. The second-order valence-corrected chi connectivity index (χ2v) is 11.4. The summed E-state index contributed by atoms with van der Waals surface area (Å²) in [5.41, 5.74) is 1.05. The molecule has 1 atom stereocenters. The van der Waals surface area contributed by atoms with Crippen LogP contribution in [0.5, 0.6) is 0 Å². The molecule has 0 bridgehead atoms. The van der Waals surface area contributed by atoms with E-state index in [9.17, 15) is 4.80 Å². The SMILES string of the molecule is C[Si](C)(O)C[SiH]1CCCCO1. The summed E-state index contributed by atoms with van der Waals surface area (Å²) in [4.78, 5) is 9.66. The van der Waals surface area contributed by atoms with Crippen LogP contribution in [0.4, 0.5) is 0 Å². The molecule has 1 fully saturated rings. The van der Waals surface area contributed by atoms with Crippen LogP contribution in [0.25, 0.3) is 0 Å². The van der Waals surface area contributed by atoms with Crippen molar-refractivity contribution in [3.05, 3.63) is 0 Å². The molecule has 1 unspecified atom stereocenters. The second kappa shape index (κ2) is 3.84. The maximum atomic E-state index is 9.66. The third-order valence-corrected chi connectivity index (χ3v) is 9.58. The highest BCUT2D eigenvalue weighted by molar-refractivity contribution is 6.81. The largest absolute Gasteiger partial charge is 0.432 e. The molecule has 0 saturated carbocycles. The van der Waals surface area contributed by atoms with Gasteiger partial charge in [-0.15, -0.1) is 0 Å². The zero-order valence-electron chi connectivity index (χ0n) is 7.47. The van der Waals surface area contributed by atoms with Crippen LogP contribution in [0, 0.1) is 0 Å². The van der Waals surface area contributed by atoms with E-state index < -0.39 is 17.4 Å². The Bertz CT molecular complexity index is 116. The van der Waals surface area contributed by atoms with Crippen molar-refractivity contribution in [3.8, 4) is 0 Å². The zero-order chi connectivity index (χ0) is 8.32. The minimum atomic E-state index is -1.81. The van der Waals surface area contributed by atoms with Gasteiger partial charge in [0, 0.05) is 6.61 Å². The van der Waals surface area contributed by atoms with Gasteiger partial charge in [0.25, 0.3) is 0 Å². The fraction of sp³-hybridized carbons (Fsp3) is 1.00. The lowest BCUT2D eigenvalue weighted by Crippen LogP contribution is -2.36. The molecule has 0 aromatic heterocycles. The molecule has 1 aliphatic rings. The maximum absolute atomic E-state index is 9.66. The summed E-state index contributed by atoms with van der Waals surface area (Å²) in [7, 11) is -2.75. The molecule has 0 spiro atoms. The van der Waals surface area contributed by atoms with Gasteiger partial charge in [-0.25, -0.2) is 0 Å². The van der Waals surface area contributed by atoms with Crippen LogP contribution >= 0.6 is 0 Å². The summed E-state index contributed by atoms with van der Waals surface area (Å²) in [6.07, 6.45) is 2.57. The van der Waals surface area contributed by atoms with Crippen molar-refractivity contribution in [1.82, 2.24) is 0 Å². The number of rotatable bonds is 2. The Morgan fingerprint density at radius 2 is 2.18 bits per heavy atom. The Balaban J connectivity index is 2.24. The molecular weight excluding hydrogens is 172 g/mol. The molecule has 1 N–H and O–H groups in total. The highest BCUT2D eigenvalue weighted by atomic mass is 28.4. The molecule has 11 heavy (non-hydrogen) atoms. The summed E-state index contributed by atoms with van der Waals surface area (Å²) in [5.74, 6) is 0. The minimum absolute atomic E-state index is 0.939. The molecule has 66 valence electrons. The van der Waals surface area contributed by atoms with Crippen LogP contribution in [-0.4, -0.2) is 28.8 Å². The van der Waals surface area contributed by atoms with E-state index in [1.165, 1.54) is 18.9 Å². The predicted octanol–water partition coefficient (Wildman–Crippen LogP) is 1.26. The van der Waals surface area contributed by atoms with Gasteiger partial charge in [0.05, 0.1) is 0 Å². The van der Waals surface area contributed by atoms with Crippen LogP contribution in [-0.2, 0) is 4.43 Å². The van der Waals surface area contributed by atoms with E-state index in [1.807, 2.05) is 13.1 Å². The van der Waals surface area contributed by atoms with Crippen molar-refractivity contribution in [3.63, 3.8) is 0 Å². The van der Waals surface area contributed by atoms with Gasteiger partial charge in [-0.05, 0) is 31.2 Å². The van der Waals surface area contributed by atoms with Crippen molar-refractivity contribution >= 4 is 17.4 Å².